The third-order valence-electron chi connectivity index (χ3n) is 4.83. The zero-order chi connectivity index (χ0) is 20.3. The van der Waals surface area contributed by atoms with Crippen molar-refractivity contribution in [3.05, 3.63) is 103 Å². The molecule has 1 N–H and O–H groups in total. The van der Waals surface area contributed by atoms with E-state index in [9.17, 15) is 4.79 Å². The lowest BCUT2D eigenvalue weighted by atomic mass is 10.0. The summed E-state index contributed by atoms with van der Waals surface area (Å²) < 4.78 is 5.75. The lowest BCUT2D eigenvalue weighted by molar-refractivity contribution is 0.102. The molecule has 3 aromatic carbocycles. The van der Waals surface area contributed by atoms with E-state index in [1.165, 1.54) is 0 Å². The van der Waals surface area contributed by atoms with Crippen LogP contribution in [0.2, 0.25) is 0 Å². The van der Waals surface area contributed by atoms with Gasteiger partial charge in [0.1, 0.15) is 5.52 Å². The minimum Gasteiger partial charge on any atom is -0.436 e. The zero-order valence-corrected chi connectivity index (χ0v) is 15.9. The Labute approximate surface area is 173 Å². The fourth-order valence-electron chi connectivity index (χ4n) is 3.25. The van der Waals surface area contributed by atoms with Crippen molar-refractivity contribution in [3.63, 3.8) is 0 Å². The van der Waals surface area contributed by atoms with Crippen LogP contribution in [0.25, 0.3) is 33.7 Å². The molecule has 0 aliphatic carbocycles. The predicted molar refractivity (Wildman–Crippen MR) is 117 cm³/mol. The first-order chi connectivity index (χ1) is 14.8. The predicted octanol–water partition coefficient (Wildman–Crippen LogP) is 5.81. The highest BCUT2D eigenvalue weighted by molar-refractivity contribution is 6.04. The van der Waals surface area contributed by atoms with E-state index < -0.39 is 0 Å². The number of benzene rings is 3. The topological polar surface area (TPSA) is 68.0 Å². The second-order valence-corrected chi connectivity index (χ2v) is 6.84. The Morgan fingerprint density at radius 3 is 2.20 bits per heavy atom. The van der Waals surface area contributed by atoms with Gasteiger partial charge in [0.05, 0.1) is 6.20 Å². The molecule has 5 heteroatoms. The van der Waals surface area contributed by atoms with Gasteiger partial charge in [0, 0.05) is 29.1 Å². The van der Waals surface area contributed by atoms with Gasteiger partial charge in [-0.05, 0) is 47.5 Å². The average Bonchev–Trinajstić information content (AvgIpc) is 3.25. The van der Waals surface area contributed by atoms with Crippen molar-refractivity contribution in [2.24, 2.45) is 0 Å². The number of oxazole rings is 1. The van der Waals surface area contributed by atoms with Crippen molar-refractivity contribution >= 4 is 22.7 Å². The molecule has 2 heterocycles. The Bertz CT molecular complexity index is 1280. The van der Waals surface area contributed by atoms with E-state index in [1.807, 2.05) is 78.9 Å². The number of nitrogens with zero attached hydrogens (tertiary/aromatic N) is 2. The van der Waals surface area contributed by atoms with Gasteiger partial charge in [-0.3, -0.25) is 9.78 Å². The first-order valence-corrected chi connectivity index (χ1v) is 9.54. The molecule has 1 amide bonds. The maximum Gasteiger partial charge on any atom is 0.255 e. The van der Waals surface area contributed by atoms with E-state index in [0.717, 1.165) is 16.7 Å². The van der Waals surface area contributed by atoms with Crippen molar-refractivity contribution in [2.75, 3.05) is 5.32 Å². The number of carbonyl (C=O) groups excluding carboxylic acids is 1. The molecule has 0 spiro atoms. The molecule has 0 aliphatic rings. The van der Waals surface area contributed by atoms with Crippen molar-refractivity contribution < 1.29 is 9.21 Å². The largest absolute Gasteiger partial charge is 0.436 e. The number of hydrogen-bond donors (Lipinski definition) is 1. The Hall–Kier alpha value is -4.25. The lowest BCUT2D eigenvalue weighted by Crippen LogP contribution is -2.11. The van der Waals surface area contributed by atoms with Crippen LogP contribution in [0, 0.1) is 0 Å². The minimum atomic E-state index is -0.157. The van der Waals surface area contributed by atoms with E-state index in [0.29, 0.717) is 28.2 Å². The second-order valence-electron chi connectivity index (χ2n) is 6.84. The third kappa shape index (κ3) is 3.56. The zero-order valence-electron chi connectivity index (χ0n) is 15.9. The van der Waals surface area contributed by atoms with E-state index in [1.54, 1.807) is 18.5 Å². The molecule has 5 rings (SSSR count). The third-order valence-corrected chi connectivity index (χ3v) is 4.83. The van der Waals surface area contributed by atoms with Gasteiger partial charge in [0.15, 0.2) is 5.58 Å². The Morgan fingerprint density at radius 2 is 1.47 bits per heavy atom. The number of anilines is 1. The maximum absolute atomic E-state index is 12.6. The van der Waals surface area contributed by atoms with Crippen LogP contribution in [0.5, 0.6) is 0 Å². The molecule has 0 fully saturated rings. The van der Waals surface area contributed by atoms with Gasteiger partial charge < -0.3 is 9.73 Å². The first kappa shape index (κ1) is 17.8. The molecule has 0 saturated heterocycles. The van der Waals surface area contributed by atoms with Gasteiger partial charge in [0.25, 0.3) is 5.91 Å². The molecule has 0 atom stereocenters. The smallest absolute Gasteiger partial charge is 0.255 e. The van der Waals surface area contributed by atoms with Gasteiger partial charge in [-0.1, -0.05) is 42.5 Å². The molecule has 30 heavy (non-hydrogen) atoms. The number of nitrogens with one attached hydrogen (secondary N) is 1. The van der Waals surface area contributed by atoms with Crippen LogP contribution in [0.3, 0.4) is 0 Å². The van der Waals surface area contributed by atoms with E-state index >= 15 is 0 Å². The van der Waals surface area contributed by atoms with Gasteiger partial charge in [-0.15, -0.1) is 0 Å². The van der Waals surface area contributed by atoms with Gasteiger partial charge in [-0.25, -0.2) is 4.98 Å². The summed E-state index contributed by atoms with van der Waals surface area (Å²) in [7, 11) is 0. The van der Waals surface area contributed by atoms with Crippen molar-refractivity contribution in [3.8, 4) is 22.6 Å². The van der Waals surface area contributed by atoms with Crippen molar-refractivity contribution in [1.29, 1.82) is 0 Å². The summed E-state index contributed by atoms with van der Waals surface area (Å²) in [5, 5.41) is 2.92. The number of amides is 1. The molecule has 0 bridgehead atoms. The molecule has 0 saturated carbocycles. The molecular weight excluding hydrogens is 374 g/mol. The molecule has 0 aliphatic heterocycles. The summed E-state index contributed by atoms with van der Waals surface area (Å²) in [5.74, 6) is 0.364. The number of pyridine rings is 1. The SMILES string of the molecule is O=C(Nc1ccc(-c2nc3cnccc3o2)cc1)c1ccc(-c2ccccc2)cc1. The van der Waals surface area contributed by atoms with Gasteiger partial charge >= 0.3 is 0 Å². The Balaban J connectivity index is 1.30. The van der Waals surface area contributed by atoms with Crippen LogP contribution in [0.4, 0.5) is 5.69 Å². The molecule has 144 valence electrons. The summed E-state index contributed by atoms with van der Waals surface area (Å²) in [6, 6.07) is 26.8. The monoisotopic (exact) mass is 391 g/mol. The first-order valence-electron chi connectivity index (χ1n) is 9.54. The minimum absolute atomic E-state index is 0.157. The lowest BCUT2D eigenvalue weighted by Gasteiger charge is -2.07. The maximum atomic E-state index is 12.6. The molecule has 5 nitrogen and oxygen atoms in total. The van der Waals surface area contributed by atoms with Crippen molar-refractivity contribution in [1.82, 2.24) is 9.97 Å². The van der Waals surface area contributed by atoms with Crippen LogP contribution < -0.4 is 5.32 Å². The standard InChI is InChI=1S/C25H17N3O2/c29-24(19-8-6-18(7-9-19)17-4-2-1-3-5-17)27-21-12-10-20(11-13-21)25-28-22-16-26-15-14-23(22)30-25/h1-16H,(H,27,29). The summed E-state index contributed by atoms with van der Waals surface area (Å²) in [5.41, 5.74) is 5.73. The molecule has 5 aromatic rings. The fraction of sp³-hybridized carbons (Fsp3) is 0. The highest BCUT2D eigenvalue weighted by atomic mass is 16.3. The highest BCUT2D eigenvalue weighted by Gasteiger charge is 2.10. The Morgan fingerprint density at radius 1 is 0.767 bits per heavy atom. The van der Waals surface area contributed by atoms with Crippen LogP contribution in [-0.4, -0.2) is 15.9 Å². The highest BCUT2D eigenvalue weighted by Crippen LogP contribution is 2.25. The van der Waals surface area contributed by atoms with E-state index in [2.05, 4.69) is 15.3 Å². The summed E-state index contributed by atoms with van der Waals surface area (Å²) in [6.07, 6.45) is 3.34. The number of rotatable bonds is 4. The van der Waals surface area contributed by atoms with E-state index in [-0.39, 0.29) is 5.91 Å². The van der Waals surface area contributed by atoms with Crippen LogP contribution in [-0.2, 0) is 0 Å². The van der Waals surface area contributed by atoms with Crippen LogP contribution in [0.1, 0.15) is 10.4 Å². The van der Waals surface area contributed by atoms with Gasteiger partial charge in [0.2, 0.25) is 5.89 Å². The fourth-order valence-corrected chi connectivity index (χ4v) is 3.25. The molecule has 2 aromatic heterocycles. The molecule has 0 radical (unpaired) electrons. The number of aromatic nitrogens is 2. The Kier molecular flexibility index (Phi) is 4.54. The normalized spacial score (nSPS) is 10.8. The van der Waals surface area contributed by atoms with Gasteiger partial charge in [-0.2, -0.15) is 0 Å². The van der Waals surface area contributed by atoms with Crippen LogP contribution >= 0.6 is 0 Å². The summed E-state index contributed by atoms with van der Waals surface area (Å²) >= 11 is 0. The molecular formula is C25H17N3O2. The number of carbonyl (C=O) groups is 1. The van der Waals surface area contributed by atoms with Crippen molar-refractivity contribution in [2.45, 2.75) is 0 Å². The van der Waals surface area contributed by atoms with Crippen LogP contribution in [0.15, 0.2) is 102 Å². The average molecular weight is 391 g/mol. The quantitative estimate of drug-likeness (QED) is 0.420. The van der Waals surface area contributed by atoms with E-state index in [4.69, 9.17) is 4.42 Å². The number of fused-ring (bicyclic) bond motifs is 1. The molecule has 0 unspecified atom stereocenters. The second kappa shape index (κ2) is 7.64. The summed E-state index contributed by atoms with van der Waals surface area (Å²) in [4.78, 5) is 21.1. The summed E-state index contributed by atoms with van der Waals surface area (Å²) in [6.45, 7) is 0. The number of hydrogen-bond acceptors (Lipinski definition) is 4.